The number of hydrogen-bond acceptors (Lipinski definition) is 2. The smallest absolute Gasteiger partial charge is 0.0930 e. The molecule has 0 saturated heterocycles. The van der Waals surface area contributed by atoms with E-state index in [0.717, 1.165) is 25.7 Å². The molecule has 1 saturated carbocycles. The van der Waals surface area contributed by atoms with Gasteiger partial charge < -0.3 is 10.2 Å². The molecular weight excluding hydrogens is 188 g/mol. The maximum absolute atomic E-state index is 10.6. The second kappa shape index (κ2) is 5.86. The van der Waals surface area contributed by atoms with E-state index in [1.807, 2.05) is 6.92 Å². The molecule has 90 valence electrons. The largest absolute Gasteiger partial charge is 0.390 e. The molecular formula is C13H26O2. The molecule has 0 aromatic rings. The zero-order chi connectivity index (χ0) is 11.3. The first kappa shape index (κ1) is 13.0. The van der Waals surface area contributed by atoms with Crippen LogP contribution >= 0.6 is 0 Å². The third-order valence-electron chi connectivity index (χ3n) is 4.02. The monoisotopic (exact) mass is 214 g/mol. The standard InChI is InChI=1S/C13H26O2/c1-3-8-12(14)13(15,4-2)11-9-6-5-7-10-11/h11-12,14-15H,3-10H2,1-2H3/t12-,13+/m1/s1. The predicted molar refractivity (Wildman–Crippen MR) is 62.7 cm³/mol. The summed E-state index contributed by atoms with van der Waals surface area (Å²) in [6.07, 6.45) is 7.71. The van der Waals surface area contributed by atoms with Crippen molar-refractivity contribution < 1.29 is 10.2 Å². The third kappa shape index (κ3) is 2.94. The van der Waals surface area contributed by atoms with Crippen molar-refractivity contribution in [2.45, 2.75) is 76.9 Å². The molecule has 2 atom stereocenters. The van der Waals surface area contributed by atoms with Gasteiger partial charge in [0.05, 0.1) is 11.7 Å². The van der Waals surface area contributed by atoms with Gasteiger partial charge in [-0.1, -0.05) is 39.5 Å². The van der Waals surface area contributed by atoms with Crippen LogP contribution in [0.3, 0.4) is 0 Å². The minimum atomic E-state index is -0.823. The van der Waals surface area contributed by atoms with Gasteiger partial charge in [0.2, 0.25) is 0 Å². The Hall–Kier alpha value is -0.0800. The van der Waals surface area contributed by atoms with Gasteiger partial charge in [-0.2, -0.15) is 0 Å². The van der Waals surface area contributed by atoms with E-state index in [1.54, 1.807) is 0 Å². The SMILES string of the molecule is CCC[C@@H](O)[C@](O)(CC)C1CCCCC1. The Balaban J connectivity index is 2.63. The highest BCUT2D eigenvalue weighted by Gasteiger charge is 2.41. The van der Waals surface area contributed by atoms with Crippen LogP contribution in [0, 0.1) is 5.92 Å². The number of hydrogen-bond donors (Lipinski definition) is 2. The van der Waals surface area contributed by atoms with Crippen molar-refractivity contribution in [3.63, 3.8) is 0 Å². The Labute approximate surface area is 93.7 Å². The summed E-state index contributed by atoms with van der Waals surface area (Å²) < 4.78 is 0. The Morgan fingerprint density at radius 1 is 1.20 bits per heavy atom. The van der Waals surface area contributed by atoms with Gasteiger partial charge >= 0.3 is 0 Å². The van der Waals surface area contributed by atoms with Gasteiger partial charge in [-0.25, -0.2) is 0 Å². The van der Waals surface area contributed by atoms with Gasteiger partial charge in [-0.05, 0) is 31.6 Å². The Kier molecular flexibility index (Phi) is 5.07. The van der Waals surface area contributed by atoms with Crippen molar-refractivity contribution in [3.8, 4) is 0 Å². The summed E-state index contributed by atoms with van der Waals surface area (Å²) in [5, 5.41) is 20.7. The fourth-order valence-corrected chi connectivity index (χ4v) is 2.92. The maximum atomic E-state index is 10.6. The average Bonchev–Trinajstić information content (AvgIpc) is 2.29. The van der Waals surface area contributed by atoms with Crippen LogP contribution in [0.2, 0.25) is 0 Å². The van der Waals surface area contributed by atoms with Crippen LogP contribution in [0.15, 0.2) is 0 Å². The van der Waals surface area contributed by atoms with Crippen LogP contribution in [0.1, 0.15) is 65.2 Å². The van der Waals surface area contributed by atoms with Gasteiger partial charge in [-0.15, -0.1) is 0 Å². The topological polar surface area (TPSA) is 40.5 Å². The summed E-state index contributed by atoms with van der Waals surface area (Å²) in [5.41, 5.74) is -0.823. The summed E-state index contributed by atoms with van der Waals surface area (Å²) in [6, 6.07) is 0. The molecule has 2 nitrogen and oxygen atoms in total. The van der Waals surface area contributed by atoms with Crippen LogP contribution in [-0.4, -0.2) is 21.9 Å². The van der Waals surface area contributed by atoms with E-state index in [0.29, 0.717) is 12.3 Å². The Bertz CT molecular complexity index is 175. The molecule has 0 spiro atoms. The molecule has 2 N–H and O–H groups in total. The van der Waals surface area contributed by atoms with Crippen LogP contribution in [0.5, 0.6) is 0 Å². The highest BCUT2D eigenvalue weighted by Crippen LogP contribution is 2.37. The molecule has 0 bridgehead atoms. The molecule has 0 unspecified atom stereocenters. The molecule has 0 aromatic heterocycles. The van der Waals surface area contributed by atoms with Crippen LogP contribution < -0.4 is 0 Å². The van der Waals surface area contributed by atoms with Gasteiger partial charge in [0.15, 0.2) is 0 Å². The molecule has 0 aromatic carbocycles. The van der Waals surface area contributed by atoms with Crippen LogP contribution in [0.4, 0.5) is 0 Å². The molecule has 1 aliphatic rings. The minimum absolute atomic E-state index is 0.317. The number of aliphatic hydroxyl groups is 2. The summed E-state index contributed by atoms with van der Waals surface area (Å²) in [4.78, 5) is 0. The van der Waals surface area contributed by atoms with Crippen molar-refractivity contribution in [1.82, 2.24) is 0 Å². The molecule has 0 amide bonds. The van der Waals surface area contributed by atoms with Crippen molar-refractivity contribution in [3.05, 3.63) is 0 Å². The van der Waals surface area contributed by atoms with E-state index >= 15 is 0 Å². The summed E-state index contributed by atoms with van der Waals surface area (Å²) >= 11 is 0. The fraction of sp³-hybridized carbons (Fsp3) is 1.00. The highest BCUT2D eigenvalue weighted by atomic mass is 16.3. The lowest BCUT2D eigenvalue weighted by Crippen LogP contribution is -2.49. The molecule has 2 heteroatoms. The van der Waals surface area contributed by atoms with E-state index in [4.69, 9.17) is 0 Å². The summed E-state index contributed by atoms with van der Waals surface area (Å²) in [5.74, 6) is 0.317. The lowest BCUT2D eigenvalue weighted by atomic mass is 9.72. The van der Waals surface area contributed by atoms with E-state index in [1.165, 1.54) is 19.3 Å². The molecule has 15 heavy (non-hydrogen) atoms. The van der Waals surface area contributed by atoms with Gasteiger partial charge in [0.25, 0.3) is 0 Å². The second-order valence-corrected chi connectivity index (χ2v) is 4.98. The molecule has 1 fully saturated rings. The number of aliphatic hydroxyl groups excluding tert-OH is 1. The molecule has 0 radical (unpaired) electrons. The minimum Gasteiger partial charge on any atom is -0.390 e. The fourth-order valence-electron chi connectivity index (χ4n) is 2.92. The molecule has 1 aliphatic carbocycles. The quantitative estimate of drug-likeness (QED) is 0.739. The van der Waals surface area contributed by atoms with Gasteiger partial charge in [0.1, 0.15) is 0 Å². The highest BCUT2D eigenvalue weighted by molar-refractivity contribution is 4.92. The van der Waals surface area contributed by atoms with E-state index in [-0.39, 0.29) is 0 Å². The van der Waals surface area contributed by atoms with Crippen molar-refractivity contribution in [2.24, 2.45) is 5.92 Å². The summed E-state index contributed by atoms with van der Waals surface area (Å²) in [6.45, 7) is 4.05. The van der Waals surface area contributed by atoms with E-state index < -0.39 is 11.7 Å². The lowest BCUT2D eigenvalue weighted by Gasteiger charge is -2.41. The molecule has 0 aliphatic heterocycles. The lowest BCUT2D eigenvalue weighted by molar-refractivity contribution is -0.127. The van der Waals surface area contributed by atoms with Crippen molar-refractivity contribution in [2.75, 3.05) is 0 Å². The Morgan fingerprint density at radius 2 is 1.80 bits per heavy atom. The molecule has 1 rings (SSSR count). The first-order valence-corrected chi connectivity index (χ1v) is 6.55. The van der Waals surface area contributed by atoms with Gasteiger partial charge in [-0.3, -0.25) is 0 Å². The first-order valence-electron chi connectivity index (χ1n) is 6.55. The maximum Gasteiger partial charge on any atom is 0.0930 e. The zero-order valence-electron chi connectivity index (χ0n) is 10.2. The first-order chi connectivity index (χ1) is 7.15. The van der Waals surface area contributed by atoms with E-state index in [9.17, 15) is 10.2 Å². The van der Waals surface area contributed by atoms with Crippen LogP contribution in [-0.2, 0) is 0 Å². The molecule has 0 heterocycles. The van der Waals surface area contributed by atoms with Crippen molar-refractivity contribution >= 4 is 0 Å². The number of rotatable bonds is 5. The third-order valence-corrected chi connectivity index (χ3v) is 4.02. The van der Waals surface area contributed by atoms with E-state index in [2.05, 4.69) is 6.92 Å². The van der Waals surface area contributed by atoms with Gasteiger partial charge in [0, 0.05) is 0 Å². The van der Waals surface area contributed by atoms with Crippen LogP contribution in [0.25, 0.3) is 0 Å². The normalized spacial score (nSPS) is 24.8. The zero-order valence-corrected chi connectivity index (χ0v) is 10.2. The predicted octanol–water partition coefficient (Wildman–Crippen LogP) is 2.87. The summed E-state index contributed by atoms with van der Waals surface area (Å²) in [7, 11) is 0. The van der Waals surface area contributed by atoms with Crippen molar-refractivity contribution in [1.29, 1.82) is 0 Å². The average molecular weight is 214 g/mol. The Morgan fingerprint density at radius 3 is 2.27 bits per heavy atom. The second-order valence-electron chi connectivity index (χ2n) is 4.98.